The predicted octanol–water partition coefficient (Wildman–Crippen LogP) is 7.16. The molecular formula is C25H37N5S. The van der Waals surface area contributed by atoms with Gasteiger partial charge >= 0.3 is 0 Å². The van der Waals surface area contributed by atoms with Crippen molar-refractivity contribution in [1.82, 2.24) is 19.5 Å². The van der Waals surface area contributed by atoms with E-state index in [1.54, 1.807) is 6.33 Å². The van der Waals surface area contributed by atoms with Crippen LogP contribution in [0.2, 0.25) is 0 Å². The van der Waals surface area contributed by atoms with Gasteiger partial charge in [0.2, 0.25) is 0 Å². The van der Waals surface area contributed by atoms with Crippen molar-refractivity contribution in [2.45, 2.75) is 85.1 Å². The number of H-pyrrole nitrogens is 2. The van der Waals surface area contributed by atoms with E-state index in [0.717, 1.165) is 33.7 Å². The van der Waals surface area contributed by atoms with Crippen LogP contribution < -0.4 is 5.32 Å². The molecule has 1 atom stereocenters. The summed E-state index contributed by atoms with van der Waals surface area (Å²) in [5.74, 6) is 1.67. The number of hydrogen-bond acceptors (Lipinski definition) is 3. The van der Waals surface area contributed by atoms with Crippen LogP contribution in [0.4, 0.5) is 5.82 Å². The third-order valence-electron chi connectivity index (χ3n) is 6.36. The highest BCUT2D eigenvalue weighted by atomic mass is 32.1. The van der Waals surface area contributed by atoms with Crippen molar-refractivity contribution in [3.05, 3.63) is 35.0 Å². The fourth-order valence-electron chi connectivity index (χ4n) is 5.19. The summed E-state index contributed by atoms with van der Waals surface area (Å²) in [6.45, 7) is 9.33. The SMILES string of the molecule is CC(Cc1c(NC2CCCCCC2)[nH]c(=S)n1-c1ccc2nc[nH]c2c1)CC(C)(C)C. The number of anilines is 1. The maximum absolute atomic E-state index is 5.84. The summed E-state index contributed by atoms with van der Waals surface area (Å²) in [5, 5.41) is 3.86. The van der Waals surface area contributed by atoms with E-state index >= 15 is 0 Å². The van der Waals surface area contributed by atoms with Gasteiger partial charge < -0.3 is 15.3 Å². The molecule has 31 heavy (non-hydrogen) atoms. The van der Waals surface area contributed by atoms with Crippen LogP contribution in [0, 0.1) is 16.1 Å². The van der Waals surface area contributed by atoms with Crippen LogP contribution in [0.25, 0.3) is 16.7 Å². The lowest BCUT2D eigenvalue weighted by Gasteiger charge is -2.25. The van der Waals surface area contributed by atoms with Crippen LogP contribution in [-0.4, -0.2) is 25.6 Å². The summed E-state index contributed by atoms with van der Waals surface area (Å²) >= 11 is 5.84. The molecule has 0 amide bonds. The van der Waals surface area contributed by atoms with Gasteiger partial charge in [-0.15, -0.1) is 0 Å². The largest absolute Gasteiger partial charge is 0.367 e. The number of aromatic nitrogens is 4. The van der Waals surface area contributed by atoms with E-state index in [9.17, 15) is 0 Å². The Labute approximate surface area is 191 Å². The van der Waals surface area contributed by atoms with E-state index in [4.69, 9.17) is 12.2 Å². The van der Waals surface area contributed by atoms with Crippen molar-refractivity contribution in [1.29, 1.82) is 0 Å². The summed E-state index contributed by atoms with van der Waals surface area (Å²) in [6.07, 6.45) is 11.7. The molecule has 0 spiro atoms. The lowest BCUT2D eigenvalue weighted by molar-refractivity contribution is 0.304. The highest BCUT2D eigenvalue weighted by Gasteiger charge is 2.22. The first-order valence-corrected chi connectivity index (χ1v) is 12.2. The van der Waals surface area contributed by atoms with Crippen molar-refractivity contribution >= 4 is 29.1 Å². The van der Waals surface area contributed by atoms with Crippen molar-refractivity contribution in [2.75, 3.05) is 5.32 Å². The third-order valence-corrected chi connectivity index (χ3v) is 6.65. The second kappa shape index (κ2) is 9.19. The predicted molar refractivity (Wildman–Crippen MR) is 133 cm³/mol. The van der Waals surface area contributed by atoms with Crippen LogP contribution in [0.3, 0.4) is 0 Å². The third kappa shape index (κ3) is 5.40. The van der Waals surface area contributed by atoms with Gasteiger partial charge in [-0.25, -0.2) is 4.98 Å². The Hall–Kier alpha value is -2.08. The number of aromatic amines is 2. The molecule has 1 fully saturated rings. The second-order valence-corrected chi connectivity index (χ2v) is 11.0. The normalized spacial score (nSPS) is 17.0. The summed E-state index contributed by atoms with van der Waals surface area (Å²) in [4.78, 5) is 11.1. The maximum Gasteiger partial charge on any atom is 0.183 e. The van der Waals surface area contributed by atoms with E-state index in [1.165, 1.54) is 50.6 Å². The number of hydrogen-bond donors (Lipinski definition) is 3. The number of benzene rings is 1. The molecule has 2 aromatic heterocycles. The highest BCUT2D eigenvalue weighted by Crippen LogP contribution is 2.31. The zero-order valence-corrected chi connectivity index (χ0v) is 20.2. The average molecular weight is 440 g/mol. The van der Waals surface area contributed by atoms with Crippen LogP contribution in [0.15, 0.2) is 24.5 Å². The lowest BCUT2D eigenvalue weighted by atomic mass is 9.83. The molecule has 1 aliphatic rings. The minimum Gasteiger partial charge on any atom is -0.367 e. The van der Waals surface area contributed by atoms with Gasteiger partial charge in [-0.05, 0) is 67.4 Å². The minimum absolute atomic E-state index is 0.307. The lowest BCUT2D eigenvalue weighted by Crippen LogP contribution is -2.21. The van der Waals surface area contributed by atoms with Crippen LogP contribution >= 0.6 is 12.2 Å². The smallest absolute Gasteiger partial charge is 0.183 e. The van der Waals surface area contributed by atoms with E-state index in [0.29, 0.717) is 17.4 Å². The molecule has 0 radical (unpaired) electrons. The first-order chi connectivity index (χ1) is 14.8. The van der Waals surface area contributed by atoms with Gasteiger partial charge in [0.1, 0.15) is 5.82 Å². The Morgan fingerprint density at radius 3 is 2.65 bits per heavy atom. The molecule has 1 aromatic carbocycles. The molecule has 1 saturated carbocycles. The minimum atomic E-state index is 0.307. The van der Waals surface area contributed by atoms with Crippen molar-refractivity contribution in [3.63, 3.8) is 0 Å². The standard InChI is InChI=1S/C25H37N5S/c1-17(15-25(2,3)4)13-22-23(28-18-9-7-5-6-8-10-18)29-24(31)30(22)19-11-12-20-21(14-19)27-16-26-20/h11-12,14,16-18,28H,5-10,13,15H2,1-4H3,(H,26,27)(H,29,31). The summed E-state index contributed by atoms with van der Waals surface area (Å²) < 4.78 is 2.99. The number of nitrogens with zero attached hydrogens (tertiary/aromatic N) is 2. The zero-order chi connectivity index (χ0) is 22.0. The molecule has 0 saturated heterocycles. The fourth-order valence-corrected chi connectivity index (χ4v) is 5.51. The van der Waals surface area contributed by atoms with Gasteiger partial charge in [0.05, 0.1) is 28.7 Å². The molecule has 5 nitrogen and oxygen atoms in total. The number of imidazole rings is 2. The summed E-state index contributed by atoms with van der Waals surface area (Å²) in [6, 6.07) is 6.87. The Balaban J connectivity index is 1.71. The fraction of sp³-hybridized carbons (Fsp3) is 0.600. The monoisotopic (exact) mass is 439 g/mol. The van der Waals surface area contributed by atoms with E-state index in [2.05, 4.69) is 70.7 Å². The van der Waals surface area contributed by atoms with E-state index < -0.39 is 0 Å². The van der Waals surface area contributed by atoms with Crippen LogP contribution in [-0.2, 0) is 6.42 Å². The molecule has 1 unspecified atom stereocenters. The van der Waals surface area contributed by atoms with Gasteiger partial charge in [-0.2, -0.15) is 0 Å². The van der Waals surface area contributed by atoms with Gasteiger partial charge in [0.15, 0.2) is 4.77 Å². The topological polar surface area (TPSA) is 61.4 Å². The summed E-state index contributed by atoms with van der Waals surface area (Å²) in [7, 11) is 0. The van der Waals surface area contributed by atoms with E-state index in [1.807, 2.05) is 0 Å². The van der Waals surface area contributed by atoms with Crippen molar-refractivity contribution in [3.8, 4) is 5.69 Å². The Morgan fingerprint density at radius 2 is 1.94 bits per heavy atom. The Bertz CT molecular complexity index is 1060. The second-order valence-electron chi connectivity index (χ2n) is 10.6. The zero-order valence-electron chi connectivity index (χ0n) is 19.4. The Morgan fingerprint density at radius 1 is 1.19 bits per heavy atom. The van der Waals surface area contributed by atoms with Gasteiger partial charge in [-0.1, -0.05) is 53.4 Å². The molecule has 168 valence electrons. The molecule has 2 heterocycles. The first-order valence-electron chi connectivity index (χ1n) is 11.8. The molecule has 0 bridgehead atoms. The maximum atomic E-state index is 5.84. The quantitative estimate of drug-likeness (QED) is 0.282. The molecule has 3 aromatic rings. The van der Waals surface area contributed by atoms with Crippen LogP contribution in [0.5, 0.6) is 0 Å². The Kier molecular flexibility index (Phi) is 6.56. The highest BCUT2D eigenvalue weighted by molar-refractivity contribution is 7.71. The van der Waals surface area contributed by atoms with E-state index in [-0.39, 0.29) is 0 Å². The van der Waals surface area contributed by atoms with Crippen molar-refractivity contribution in [2.24, 2.45) is 11.3 Å². The molecular weight excluding hydrogens is 402 g/mol. The number of rotatable bonds is 6. The number of fused-ring (bicyclic) bond motifs is 1. The molecule has 4 rings (SSSR count). The average Bonchev–Trinajstić information content (AvgIpc) is 3.15. The van der Waals surface area contributed by atoms with Gasteiger partial charge in [0, 0.05) is 6.04 Å². The van der Waals surface area contributed by atoms with Crippen molar-refractivity contribution < 1.29 is 0 Å². The first kappa shape index (κ1) is 22.1. The molecule has 0 aliphatic heterocycles. The number of nitrogens with one attached hydrogen (secondary N) is 3. The van der Waals surface area contributed by atoms with Gasteiger partial charge in [-0.3, -0.25) is 4.57 Å². The molecule has 3 N–H and O–H groups in total. The molecule has 6 heteroatoms. The van der Waals surface area contributed by atoms with Crippen LogP contribution in [0.1, 0.15) is 78.3 Å². The van der Waals surface area contributed by atoms with Gasteiger partial charge in [0.25, 0.3) is 0 Å². The molecule has 1 aliphatic carbocycles. The summed E-state index contributed by atoms with van der Waals surface area (Å²) in [5.41, 5.74) is 4.67.